The summed E-state index contributed by atoms with van der Waals surface area (Å²) < 4.78 is 5.10. The molecule has 0 fully saturated rings. The van der Waals surface area contributed by atoms with E-state index in [1.54, 1.807) is 7.11 Å². The van der Waals surface area contributed by atoms with Crippen molar-refractivity contribution in [3.63, 3.8) is 0 Å². The molecule has 0 spiro atoms. The lowest BCUT2D eigenvalue weighted by Gasteiger charge is -2.07. The van der Waals surface area contributed by atoms with Crippen LogP contribution in [-0.2, 0) is 0 Å². The van der Waals surface area contributed by atoms with Crippen LogP contribution in [0.4, 0.5) is 5.95 Å². The molecule has 0 radical (unpaired) electrons. The number of ether oxygens (including phenoxy) is 1. The molecule has 1 aromatic heterocycles. The fourth-order valence-electron chi connectivity index (χ4n) is 1.47. The Labute approximate surface area is 108 Å². The van der Waals surface area contributed by atoms with Gasteiger partial charge in [-0.3, -0.25) is 0 Å². The zero-order valence-electron chi connectivity index (χ0n) is 10.8. The average Bonchev–Trinajstić information content (AvgIpc) is 2.33. The molecule has 0 saturated heterocycles. The van der Waals surface area contributed by atoms with E-state index < -0.39 is 0 Å². The third-order valence-corrected chi connectivity index (χ3v) is 3.05. The van der Waals surface area contributed by atoms with E-state index in [1.165, 1.54) is 18.6 Å². The Hall–Kier alpha value is -0.970. The SMILES string of the molecule is COc1cc(C)nc(NCCCCCSC)n1. The molecule has 0 saturated carbocycles. The highest BCUT2D eigenvalue weighted by molar-refractivity contribution is 7.98. The van der Waals surface area contributed by atoms with Crippen LogP contribution in [0.2, 0.25) is 0 Å². The molecule has 0 unspecified atom stereocenters. The van der Waals surface area contributed by atoms with E-state index in [9.17, 15) is 0 Å². The minimum atomic E-state index is 0.613. The first-order valence-corrected chi connectivity index (χ1v) is 7.28. The number of thioether (sulfide) groups is 1. The highest BCUT2D eigenvalue weighted by Crippen LogP contribution is 2.11. The molecule has 1 rings (SSSR count). The summed E-state index contributed by atoms with van der Waals surface area (Å²) in [7, 11) is 1.62. The van der Waals surface area contributed by atoms with Crippen molar-refractivity contribution in [3.05, 3.63) is 11.8 Å². The quantitative estimate of drug-likeness (QED) is 0.724. The van der Waals surface area contributed by atoms with Crippen molar-refractivity contribution in [2.75, 3.05) is 31.0 Å². The number of unbranched alkanes of at least 4 members (excludes halogenated alkanes) is 2. The molecule has 1 N–H and O–H groups in total. The predicted molar refractivity (Wildman–Crippen MR) is 74.0 cm³/mol. The smallest absolute Gasteiger partial charge is 0.226 e. The van der Waals surface area contributed by atoms with Gasteiger partial charge < -0.3 is 10.1 Å². The van der Waals surface area contributed by atoms with Gasteiger partial charge in [-0.25, -0.2) is 4.98 Å². The van der Waals surface area contributed by atoms with Crippen molar-refractivity contribution < 1.29 is 4.74 Å². The molecule has 0 amide bonds. The number of nitrogens with one attached hydrogen (secondary N) is 1. The fraction of sp³-hybridized carbons (Fsp3) is 0.667. The summed E-state index contributed by atoms with van der Waals surface area (Å²) in [6.45, 7) is 2.86. The molecule has 0 atom stereocenters. The monoisotopic (exact) mass is 255 g/mol. The lowest BCUT2D eigenvalue weighted by Crippen LogP contribution is -2.07. The van der Waals surface area contributed by atoms with Gasteiger partial charge in [0.15, 0.2) is 0 Å². The molecule has 0 aliphatic rings. The van der Waals surface area contributed by atoms with Crippen LogP contribution in [0.25, 0.3) is 0 Å². The maximum atomic E-state index is 5.10. The molecule has 4 nitrogen and oxygen atoms in total. The van der Waals surface area contributed by atoms with Crippen molar-refractivity contribution in [2.45, 2.75) is 26.2 Å². The maximum Gasteiger partial charge on any atom is 0.226 e. The predicted octanol–water partition coefficient (Wildman–Crippen LogP) is 2.74. The third kappa shape index (κ3) is 5.77. The molecule has 0 aliphatic heterocycles. The summed E-state index contributed by atoms with van der Waals surface area (Å²) in [6.07, 6.45) is 5.82. The van der Waals surface area contributed by atoms with E-state index in [0.717, 1.165) is 18.7 Å². The number of nitrogens with zero attached hydrogens (tertiary/aromatic N) is 2. The third-order valence-electron chi connectivity index (χ3n) is 2.35. The minimum absolute atomic E-state index is 0.613. The molecule has 96 valence electrons. The average molecular weight is 255 g/mol. The number of rotatable bonds is 8. The molecule has 0 aromatic carbocycles. The first kappa shape index (κ1) is 14.1. The zero-order valence-corrected chi connectivity index (χ0v) is 11.6. The van der Waals surface area contributed by atoms with E-state index in [2.05, 4.69) is 21.5 Å². The van der Waals surface area contributed by atoms with Gasteiger partial charge in [-0.2, -0.15) is 16.7 Å². The summed E-state index contributed by atoms with van der Waals surface area (Å²) in [4.78, 5) is 8.55. The van der Waals surface area contributed by atoms with Crippen molar-refractivity contribution in [1.29, 1.82) is 0 Å². The van der Waals surface area contributed by atoms with Crippen molar-refractivity contribution in [1.82, 2.24) is 9.97 Å². The Morgan fingerprint density at radius 3 is 2.82 bits per heavy atom. The molecule has 1 aromatic rings. The normalized spacial score (nSPS) is 10.3. The lowest BCUT2D eigenvalue weighted by atomic mass is 10.2. The fourth-order valence-corrected chi connectivity index (χ4v) is 1.96. The first-order chi connectivity index (χ1) is 8.26. The highest BCUT2D eigenvalue weighted by atomic mass is 32.2. The van der Waals surface area contributed by atoms with Crippen molar-refractivity contribution in [3.8, 4) is 5.88 Å². The number of anilines is 1. The van der Waals surface area contributed by atoms with E-state index in [0.29, 0.717) is 11.8 Å². The van der Waals surface area contributed by atoms with Crippen molar-refractivity contribution >= 4 is 17.7 Å². The molecular formula is C12H21N3OS. The number of aryl methyl sites for hydroxylation is 1. The Morgan fingerprint density at radius 2 is 2.12 bits per heavy atom. The van der Waals surface area contributed by atoms with Gasteiger partial charge in [0.05, 0.1) is 7.11 Å². The molecule has 17 heavy (non-hydrogen) atoms. The highest BCUT2D eigenvalue weighted by Gasteiger charge is 2.01. The van der Waals surface area contributed by atoms with E-state index in [-0.39, 0.29) is 0 Å². The van der Waals surface area contributed by atoms with Crippen LogP contribution < -0.4 is 10.1 Å². The summed E-state index contributed by atoms with van der Waals surface area (Å²) in [6, 6.07) is 1.82. The van der Waals surface area contributed by atoms with Gasteiger partial charge in [0, 0.05) is 18.3 Å². The number of hydrogen-bond acceptors (Lipinski definition) is 5. The van der Waals surface area contributed by atoms with Gasteiger partial charge in [0.25, 0.3) is 0 Å². The van der Waals surface area contributed by atoms with Crippen molar-refractivity contribution in [2.24, 2.45) is 0 Å². The van der Waals surface area contributed by atoms with Gasteiger partial charge in [0.1, 0.15) is 0 Å². The van der Waals surface area contributed by atoms with Crippen LogP contribution in [-0.4, -0.2) is 35.6 Å². The Balaban J connectivity index is 2.28. The van der Waals surface area contributed by atoms with Crippen LogP contribution in [0.3, 0.4) is 0 Å². The van der Waals surface area contributed by atoms with Gasteiger partial charge in [-0.15, -0.1) is 0 Å². The molecular weight excluding hydrogens is 234 g/mol. The molecule has 0 aliphatic carbocycles. The van der Waals surface area contributed by atoms with Gasteiger partial charge in [0.2, 0.25) is 11.8 Å². The molecule has 0 bridgehead atoms. The van der Waals surface area contributed by atoms with E-state index in [4.69, 9.17) is 4.74 Å². The Bertz CT molecular complexity index is 334. The Morgan fingerprint density at radius 1 is 1.29 bits per heavy atom. The topological polar surface area (TPSA) is 47.0 Å². The largest absolute Gasteiger partial charge is 0.481 e. The van der Waals surface area contributed by atoms with Crippen LogP contribution in [0.15, 0.2) is 6.07 Å². The van der Waals surface area contributed by atoms with Crippen LogP contribution in [0, 0.1) is 6.92 Å². The lowest BCUT2D eigenvalue weighted by molar-refractivity contribution is 0.397. The minimum Gasteiger partial charge on any atom is -0.481 e. The summed E-state index contributed by atoms with van der Waals surface area (Å²) in [5.41, 5.74) is 0.918. The number of aromatic nitrogens is 2. The first-order valence-electron chi connectivity index (χ1n) is 5.88. The molecule has 5 heteroatoms. The van der Waals surface area contributed by atoms with Gasteiger partial charge >= 0.3 is 0 Å². The summed E-state index contributed by atoms with van der Waals surface area (Å²) in [5.74, 6) is 2.52. The van der Waals surface area contributed by atoms with Gasteiger partial charge in [-0.1, -0.05) is 6.42 Å². The van der Waals surface area contributed by atoms with E-state index >= 15 is 0 Å². The van der Waals surface area contributed by atoms with Crippen LogP contribution in [0.5, 0.6) is 5.88 Å². The summed E-state index contributed by atoms with van der Waals surface area (Å²) in [5, 5.41) is 3.23. The second-order valence-corrected chi connectivity index (χ2v) is 4.84. The number of methoxy groups -OCH3 is 1. The molecule has 1 heterocycles. The van der Waals surface area contributed by atoms with Crippen LogP contribution >= 0.6 is 11.8 Å². The standard InChI is InChI=1S/C12H21N3OS/c1-10-9-11(16-2)15-12(14-10)13-7-5-4-6-8-17-3/h9H,4-8H2,1-3H3,(H,13,14,15). The number of hydrogen-bond donors (Lipinski definition) is 1. The second-order valence-electron chi connectivity index (χ2n) is 3.86. The second kappa shape index (κ2) is 8.17. The Kier molecular flexibility index (Phi) is 6.77. The summed E-state index contributed by atoms with van der Waals surface area (Å²) >= 11 is 1.90. The van der Waals surface area contributed by atoms with Gasteiger partial charge in [-0.05, 0) is 31.8 Å². The maximum absolute atomic E-state index is 5.10. The van der Waals surface area contributed by atoms with Crippen LogP contribution in [0.1, 0.15) is 25.0 Å². The zero-order chi connectivity index (χ0) is 12.5. The van der Waals surface area contributed by atoms with E-state index in [1.807, 2.05) is 24.8 Å².